The smallest absolute Gasteiger partial charge is 0.244 e. The van der Waals surface area contributed by atoms with Crippen molar-refractivity contribution in [3.05, 3.63) is 64.2 Å². The topological polar surface area (TPSA) is 66.5 Å². The lowest BCUT2D eigenvalue weighted by Crippen LogP contribution is -2.50. The lowest BCUT2D eigenvalue weighted by atomic mass is 9.97. The molecule has 2 rings (SSSR count). The van der Waals surface area contributed by atoms with Crippen LogP contribution in [0, 0.1) is 27.7 Å². The Labute approximate surface area is 181 Å². The molecule has 30 heavy (non-hydrogen) atoms. The molecule has 0 aliphatic carbocycles. The van der Waals surface area contributed by atoms with Crippen LogP contribution < -0.4 is 9.62 Å². The number of nitrogens with zero attached hydrogens (tertiary/aromatic N) is 1. The summed E-state index contributed by atoms with van der Waals surface area (Å²) in [5.74, 6) is -0.282. The third kappa shape index (κ3) is 5.42. The van der Waals surface area contributed by atoms with E-state index < -0.39 is 16.1 Å². The maximum atomic E-state index is 13.3. The summed E-state index contributed by atoms with van der Waals surface area (Å²) in [6, 6.07) is 10.8. The number of rotatable bonds is 8. The summed E-state index contributed by atoms with van der Waals surface area (Å²) in [6.45, 7) is 11.7. The number of aryl methyl sites for hydroxylation is 4. The van der Waals surface area contributed by atoms with Crippen molar-refractivity contribution in [3.8, 4) is 0 Å². The minimum Gasteiger partial charge on any atom is -0.347 e. The maximum Gasteiger partial charge on any atom is 0.244 e. The zero-order chi connectivity index (χ0) is 22.6. The maximum absolute atomic E-state index is 13.3. The Hall–Kier alpha value is -2.34. The molecular formula is C24H34N2O3S. The van der Waals surface area contributed by atoms with Crippen molar-refractivity contribution in [2.75, 3.05) is 10.6 Å². The summed E-state index contributed by atoms with van der Waals surface area (Å²) < 4.78 is 26.8. The first kappa shape index (κ1) is 23.9. The number of carbonyl (C=O) groups excluding carboxylic acids is 1. The van der Waals surface area contributed by atoms with Gasteiger partial charge in [0.15, 0.2) is 0 Å². The molecule has 0 bridgehead atoms. The average molecular weight is 431 g/mol. The molecule has 0 saturated heterocycles. The Morgan fingerprint density at radius 1 is 0.933 bits per heavy atom. The highest BCUT2D eigenvalue weighted by molar-refractivity contribution is 7.92. The zero-order valence-electron chi connectivity index (χ0n) is 19.1. The van der Waals surface area contributed by atoms with Crippen LogP contribution in [0.25, 0.3) is 0 Å². The van der Waals surface area contributed by atoms with E-state index in [1.54, 1.807) is 0 Å². The van der Waals surface area contributed by atoms with Gasteiger partial charge in [0.1, 0.15) is 6.04 Å². The largest absolute Gasteiger partial charge is 0.347 e. The van der Waals surface area contributed by atoms with Crippen LogP contribution in [0.5, 0.6) is 0 Å². The van der Waals surface area contributed by atoms with Crippen molar-refractivity contribution < 1.29 is 13.2 Å². The molecule has 0 heterocycles. The van der Waals surface area contributed by atoms with Gasteiger partial charge in [0.25, 0.3) is 0 Å². The molecule has 0 aromatic heterocycles. The lowest BCUT2D eigenvalue weighted by molar-refractivity contribution is -0.123. The summed E-state index contributed by atoms with van der Waals surface area (Å²) in [6.07, 6.45) is 2.25. The fourth-order valence-corrected chi connectivity index (χ4v) is 5.14. The lowest BCUT2D eigenvalue weighted by Gasteiger charge is -2.33. The molecule has 0 saturated carbocycles. The van der Waals surface area contributed by atoms with E-state index in [0.717, 1.165) is 28.5 Å². The van der Waals surface area contributed by atoms with Crippen molar-refractivity contribution in [1.82, 2.24) is 5.32 Å². The van der Waals surface area contributed by atoms with E-state index >= 15 is 0 Å². The number of nitrogens with one attached hydrogen (secondary N) is 1. The molecule has 2 aromatic carbocycles. The van der Waals surface area contributed by atoms with Gasteiger partial charge in [0, 0.05) is 0 Å². The molecule has 1 amide bonds. The first-order valence-electron chi connectivity index (χ1n) is 10.4. The number of anilines is 1. The SMILES string of the molecule is CC[C@H](NC(=O)[C@@H](CC)N(c1cc(C)ccc1C)S(C)(=O)=O)c1ccc(C)cc1C. The quantitative estimate of drug-likeness (QED) is 0.658. The standard InChI is InChI=1S/C24H34N2O3S/c1-8-21(20-13-11-16(3)14-19(20)6)25-24(27)22(9-2)26(30(7,28)29)23-15-17(4)10-12-18(23)5/h10-15,21-22H,8-9H2,1-7H3,(H,25,27)/t21-,22+/m0/s1. The van der Waals surface area contributed by atoms with Gasteiger partial charge >= 0.3 is 0 Å². The van der Waals surface area contributed by atoms with E-state index in [2.05, 4.69) is 11.4 Å². The van der Waals surface area contributed by atoms with Crippen LogP contribution in [0.4, 0.5) is 5.69 Å². The fraction of sp³-hybridized carbons (Fsp3) is 0.458. The minimum absolute atomic E-state index is 0.174. The Bertz CT molecular complexity index is 1020. The predicted molar refractivity (Wildman–Crippen MR) is 124 cm³/mol. The van der Waals surface area contributed by atoms with Crippen LogP contribution in [0.2, 0.25) is 0 Å². The van der Waals surface area contributed by atoms with Gasteiger partial charge in [-0.05, 0) is 68.9 Å². The van der Waals surface area contributed by atoms with Gasteiger partial charge in [-0.25, -0.2) is 8.42 Å². The van der Waals surface area contributed by atoms with E-state index in [4.69, 9.17) is 0 Å². The van der Waals surface area contributed by atoms with Gasteiger partial charge in [0.2, 0.25) is 15.9 Å². The van der Waals surface area contributed by atoms with E-state index in [9.17, 15) is 13.2 Å². The molecule has 2 aromatic rings. The summed E-state index contributed by atoms with van der Waals surface area (Å²) in [5.41, 5.74) is 5.66. The van der Waals surface area contributed by atoms with Gasteiger partial charge < -0.3 is 5.32 Å². The molecule has 0 fully saturated rings. The second-order valence-electron chi connectivity index (χ2n) is 8.10. The number of carbonyl (C=O) groups is 1. The van der Waals surface area contributed by atoms with Gasteiger partial charge in [-0.3, -0.25) is 9.10 Å². The molecule has 6 heteroatoms. The number of hydrogen-bond donors (Lipinski definition) is 1. The van der Waals surface area contributed by atoms with Gasteiger partial charge in [-0.1, -0.05) is 49.7 Å². The number of amides is 1. The van der Waals surface area contributed by atoms with Crippen molar-refractivity contribution in [3.63, 3.8) is 0 Å². The van der Waals surface area contributed by atoms with Gasteiger partial charge in [0.05, 0.1) is 18.0 Å². The van der Waals surface area contributed by atoms with Gasteiger partial charge in [-0.2, -0.15) is 0 Å². The highest BCUT2D eigenvalue weighted by Gasteiger charge is 2.33. The Morgan fingerprint density at radius 2 is 1.53 bits per heavy atom. The third-order valence-corrected chi connectivity index (χ3v) is 6.62. The van der Waals surface area contributed by atoms with Crippen molar-refractivity contribution in [2.24, 2.45) is 0 Å². The number of hydrogen-bond acceptors (Lipinski definition) is 3. The fourth-order valence-electron chi connectivity index (χ4n) is 3.88. The zero-order valence-corrected chi connectivity index (χ0v) is 19.9. The molecule has 0 radical (unpaired) electrons. The molecule has 0 spiro atoms. The molecule has 1 N–H and O–H groups in total. The van der Waals surface area contributed by atoms with Crippen LogP contribution in [0.15, 0.2) is 36.4 Å². The molecule has 164 valence electrons. The second kappa shape index (κ2) is 9.65. The molecule has 2 atom stereocenters. The highest BCUT2D eigenvalue weighted by atomic mass is 32.2. The van der Waals surface area contributed by atoms with Crippen LogP contribution in [-0.2, 0) is 14.8 Å². The molecule has 0 unspecified atom stereocenters. The summed E-state index contributed by atoms with van der Waals surface area (Å²) in [7, 11) is -3.66. The summed E-state index contributed by atoms with van der Waals surface area (Å²) in [5, 5.41) is 3.11. The monoisotopic (exact) mass is 430 g/mol. The van der Waals surface area contributed by atoms with E-state index in [1.165, 1.54) is 9.87 Å². The van der Waals surface area contributed by atoms with Crippen molar-refractivity contribution in [1.29, 1.82) is 0 Å². The Kier molecular flexibility index (Phi) is 7.70. The van der Waals surface area contributed by atoms with E-state index in [-0.39, 0.29) is 11.9 Å². The third-order valence-electron chi connectivity index (χ3n) is 5.46. The molecule has 5 nitrogen and oxygen atoms in total. The number of sulfonamides is 1. The van der Waals surface area contributed by atoms with Crippen molar-refractivity contribution >= 4 is 21.6 Å². The second-order valence-corrected chi connectivity index (χ2v) is 9.96. The van der Waals surface area contributed by atoms with Gasteiger partial charge in [-0.15, -0.1) is 0 Å². The average Bonchev–Trinajstić information content (AvgIpc) is 2.65. The first-order valence-corrected chi connectivity index (χ1v) is 12.3. The van der Waals surface area contributed by atoms with E-state index in [1.807, 2.05) is 71.9 Å². The van der Waals surface area contributed by atoms with Crippen molar-refractivity contribution in [2.45, 2.75) is 66.5 Å². The Morgan fingerprint density at radius 3 is 2.07 bits per heavy atom. The summed E-state index contributed by atoms with van der Waals surface area (Å²) >= 11 is 0. The van der Waals surface area contributed by atoms with Crippen LogP contribution in [0.1, 0.15) is 60.5 Å². The predicted octanol–water partition coefficient (Wildman–Crippen LogP) is 4.73. The van der Waals surface area contributed by atoms with Crippen LogP contribution in [-0.4, -0.2) is 26.6 Å². The number of benzene rings is 2. The van der Waals surface area contributed by atoms with Crippen LogP contribution in [0.3, 0.4) is 0 Å². The van der Waals surface area contributed by atoms with E-state index in [0.29, 0.717) is 18.5 Å². The molecule has 0 aliphatic rings. The normalized spacial score (nSPS) is 13.6. The molecular weight excluding hydrogens is 396 g/mol. The highest BCUT2D eigenvalue weighted by Crippen LogP contribution is 2.28. The van der Waals surface area contributed by atoms with Crippen LogP contribution >= 0.6 is 0 Å². The Balaban J connectivity index is 2.43. The first-order chi connectivity index (χ1) is 14.0. The minimum atomic E-state index is -3.66. The molecule has 0 aliphatic heterocycles. The summed E-state index contributed by atoms with van der Waals surface area (Å²) in [4.78, 5) is 13.3.